The molecule has 7 nitrogen and oxygen atoms in total. The largest absolute Gasteiger partial charge is 0.467 e. The number of methoxy groups -OCH3 is 1. The Labute approximate surface area is 167 Å². The number of aromatic nitrogens is 1. The number of pyridine rings is 1. The number of carbonyl (C=O) groups excluding carboxylic acids is 2. The van der Waals surface area contributed by atoms with E-state index in [0.717, 1.165) is 38.2 Å². The van der Waals surface area contributed by atoms with Crippen molar-refractivity contribution in [3.05, 3.63) is 23.9 Å². The number of unbranched alkanes of at least 4 members (excludes halogenated alkanes) is 1. The van der Waals surface area contributed by atoms with Crippen molar-refractivity contribution in [1.82, 2.24) is 15.2 Å². The number of hydrogen-bond acceptors (Lipinski definition) is 6. The van der Waals surface area contributed by atoms with E-state index in [-0.39, 0.29) is 5.97 Å². The lowest BCUT2D eigenvalue weighted by Gasteiger charge is -2.27. The van der Waals surface area contributed by atoms with Gasteiger partial charge in [0.2, 0.25) is 6.41 Å². The Kier molecular flexibility index (Phi) is 7.65. The first-order valence-electron chi connectivity index (χ1n) is 10.4. The Bertz CT molecular complexity index is 650. The molecule has 28 heavy (non-hydrogen) atoms. The van der Waals surface area contributed by atoms with Crippen molar-refractivity contribution in [3.63, 3.8) is 0 Å². The fourth-order valence-corrected chi connectivity index (χ4v) is 3.99. The number of rotatable bonds is 12. The predicted molar refractivity (Wildman–Crippen MR) is 108 cm³/mol. The fraction of sp³-hybridized carbons (Fsp3) is 0.667. The summed E-state index contributed by atoms with van der Waals surface area (Å²) in [6, 6.07) is 4.75. The standard InChI is InChI=1S/C21H32N4O3/c1-28-21(27)19(23-15-26)11-14-25(18-9-10-18)13-3-2-6-17-8-7-16-5-4-12-22-20(16)24-17/h4-5,12,15,17-19H,2-3,6-11,13-14H2,1H3,(H,22,24)(H,23,26). The maximum absolute atomic E-state index is 11.7. The summed E-state index contributed by atoms with van der Waals surface area (Å²) in [5.74, 6) is 0.676. The van der Waals surface area contributed by atoms with Crippen LogP contribution in [0.15, 0.2) is 18.3 Å². The number of ether oxygens (including phenoxy) is 1. The van der Waals surface area contributed by atoms with Gasteiger partial charge >= 0.3 is 5.97 Å². The molecule has 0 aromatic carbocycles. The average molecular weight is 389 g/mol. The van der Waals surface area contributed by atoms with Crippen LogP contribution in [-0.4, -0.2) is 60.6 Å². The molecule has 0 spiro atoms. The zero-order chi connectivity index (χ0) is 19.8. The summed E-state index contributed by atoms with van der Waals surface area (Å²) in [5.41, 5.74) is 1.32. The van der Waals surface area contributed by atoms with Gasteiger partial charge in [-0.2, -0.15) is 0 Å². The third-order valence-corrected chi connectivity index (χ3v) is 5.77. The van der Waals surface area contributed by atoms with Crippen molar-refractivity contribution >= 4 is 18.2 Å². The van der Waals surface area contributed by atoms with E-state index in [2.05, 4.69) is 26.6 Å². The number of nitrogens with one attached hydrogen (secondary N) is 2. The third kappa shape index (κ3) is 5.92. The van der Waals surface area contributed by atoms with Gasteiger partial charge in [-0.15, -0.1) is 0 Å². The number of nitrogens with zero attached hydrogens (tertiary/aromatic N) is 2. The second kappa shape index (κ2) is 10.4. The molecule has 1 aromatic heterocycles. The van der Waals surface area contributed by atoms with Gasteiger partial charge in [0.25, 0.3) is 0 Å². The average Bonchev–Trinajstić information content (AvgIpc) is 3.56. The minimum Gasteiger partial charge on any atom is -0.467 e. The van der Waals surface area contributed by atoms with E-state index in [1.807, 2.05) is 12.3 Å². The monoisotopic (exact) mass is 388 g/mol. The Hall–Kier alpha value is -2.15. The number of hydrogen-bond donors (Lipinski definition) is 2. The molecule has 0 saturated heterocycles. The van der Waals surface area contributed by atoms with E-state index < -0.39 is 6.04 Å². The molecule has 0 bridgehead atoms. The van der Waals surface area contributed by atoms with Gasteiger partial charge < -0.3 is 20.3 Å². The number of carbonyl (C=O) groups is 2. The highest BCUT2D eigenvalue weighted by Gasteiger charge is 2.30. The van der Waals surface area contributed by atoms with Crippen LogP contribution in [0.25, 0.3) is 0 Å². The van der Waals surface area contributed by atoms with Gasteiger partial charge in [-0.3, -0.25) is 4.79 Å². The number of aryl methyl sites for hydroxylation is 1. The quantitative estimate of drug-likeness (QED) is 0.324. The minimum atomic E-state index is -0.553. The summed E-state index contributed by atoms with van der Waals surface area (Å²) in [7, 11) is 1.35. The second-order valence-corrected chi connectivity index (χ2v) is 7.80. The third-order valence-electron chi connectivity index (χ3n) is 5.77. The highest BCUT2D eigenvalue weighted by Crippen LogP contribution is 2.28. The van der Waals surface area contributed by atoms with Gasteiger partial charge in [0.15, 0.2) is 0 Å². The van der Waals surface area contributed by atoms with Gasteiger partial charge in [0.05, 0.1) is 7.11 Å². The zero-order valence-corrected chi connectivity index (χ0v) is 16.7. The molecule has 154 valence electrons. The van der Waals surface area contributed by atoms with Crippen LogP contribution in [0, 0.1) is 0 Å². The maximum atomic E-state index is 11.7. The van der Waals surface area contributed by atoms with Gasteiger partial charge in [-0.05, 0) is 63.1 Å². The summed E-state index contributed by atoms with van der Waals surface area (Å²) in [6.45, 7) is 1.85. The van der Waals surface area contributed by atoms with E-state index in [9.17, 15) is 9.59 Å². The Morgan fingerprint density at radius 3 is 3.00 bits per heavy atom. The van der Waals surface area contributed by atoms with Crippen LogP contribution in [0.5, 0.6) is 0 Å². The molecule has 2 atom stereocenters. The van der Waals surface area contributed by atoms with E-state index in [0.29, 0.717) is 24.9 Å². The van der Waals surface area contributed by atoms with E-state index in [4.69, 9.17) is 4.74 Å². The Morgan fingerprint density at radius 1 is 1.39 bits per heavy atom. The van der Waals surface area contributed by atoms with Crippen LogP contribution in [0.4, 0.5) is 5.82 Å². The van der Waals surface area contributed by atoms with Crippen LogP contribution >= 0.6 is 0 Å². The van der Waals surface area contributed by atoms with Crippen molar-refractivity contribution in [2.75, 3.05) is 25.5 Å². The first kappa shape index (κ1) is 20.6. The molecule has 0 radical (unpaired) electrons. The lowest BCUT2D eigenvalue weighted by Crippen LogP contribution is -2.40. The Balaban J connectivity index is 1.37. The summed E-state index contributed by atoms with van der Waals surface area (Å²) >= 11 is 0. The molecule has 1 aliphatic heterocycles. The van der Waals surface area contributed by atoms with Gasteiger partial charge in [-0.1, -0.05) is 12.5 Å². The first-order chi connectivity index (χ1) is 13.7. The minimum absolute atomic E-state index is 0.375. The van der Waals surface area contributed by atoms with Crippen LogP contribution in [-0.2, 0) is 20.7 Å². The molecule has 2 aliphatic rings. The molecule has 1 saturated carbocycles. The SMILES string of the molecule is COC(=O)C(CCN(CCCCC1CCc2cccnc2N1)C1CC1)NC=O. The smallest absolute Gasteiger partial charge is 0.328 e. The maximum Gasteiger partial charge on any atom is 0.328 e. The predicted octanol–water partition coefficient (Wildman–Crippen LogP) is 2.12. The molecule has 7 heteroatoms. The van der Waals surface area contributed by atoms with Crippen molar-refractivity contribution in [2.24, 2.45) is 0 Å². The first-order valence-corrected chi connectivity index (χ1v) is 10.4. The lowest BCUT2D eigenvalue weighted by molar-refractivity contribution is -0.144. The molecular weight excluding hydrogens is 356 g/mol. The normalized spacial score (nSPS) is 19.4. The number of esters is 1. The van der Waals surface area contributed by atoms with Crippen molar-refractivity contribution in [3.8, 4) is 0 Å². The topological polar surface area (TPSA) is 83.6 Å². The van der Waals surface area contributed by atoms with Gasteiger partial charge in [0, 0.05) is 24.8 Å². The molecule has 2 unspecified atom stereocenters. The summed E-state index contributed by atoms with van der Waals surface area (Å²) in [5, 5.41) is 6.15. The van der Waals surface area contributed by atoms with E-state index in [1.54, 1.807) is 0 Å². The number of anilines is 1. The van der Waals surface area contributed by atoms with Crippen LogP contribution < -0.4 is 10.6 Å². The van der Waals surface area contributed by atoms with Crippen LogP contribution in [0.3, 0.4) is 0 Å². The van der Waals surface area contributed by atoms with Crippen molar-refractivity contribution in [2.45, 2.75) is 69.5 Å². The molecule has 2 heterocycles. The van der Waals surface area contributed by atoms with Crippen molar-refractivity contribution < 1.29 is 14.3 Å². The van der Waals surface area contributed by atoms with Gasteiger partial charge in [0.1, 0.15) is 11.9 Å². The van der Waals surface area contributed by atoms with E-state index in [1.165, 1.54) is 38.4 Å². The number of fused-ring (bicyclic) bond motifs is 1. The second-order valence-electron chi connectivity index (χ2n) is 7.80. The van der Waals surface area contributed by atoms with E-state index >= 15 is 0 Å². The molecule has 1 aromatic rings. The zero-order valence-electron chi connectivity index (χ0n) is 16.7. The van der Waals surface area contributed by atoms with Gasteiger partial charge in [-0.25, -0.2) is 9.78 Å². The molecule has 1 amide bonds. The molecule has 3 rings (SSSR count). The summed E-state index contributed by atoms with van der Waals surface area (Å²) in [6.07, 6.45) is 11.2. The summed E-state index contributed by atoms with van der Waals surface area (Å²) < 4.78 is 4.77. The number of amides is 1. The lowest BCUT2D eigenvalue weighted by atomic mass is 9.97. The highest BCUT2D eigenvalue weighted by molar-refractivity contribution is 5.78. The highest BCUT2D eigenvalue weighted by atomic mass is 16.5. The van der Waals surface area contributed by atoms with Crippen LogP contribution in [0.2, 0.25) is 0 Å². The summed E-state index contributed by atoms with van der Waals surface area (Å²) in [4.78, 5) is 29.4. The molecule has 1 aliphatic carbocycles. The van der Waals surface area contributed by atoms with Crippen molar-refractivity contribution in [1.29, 1.82) is 0 Å². The Morgan fingerprint density at radius 2 is 2.25 bits per heavy atom. The van der Waals surface area contributed by atoms with Crippen LogP contribution in [0.1, 0.15) is 50.5 Å². The fourth-order valence-electron chi connectivity index (χ4n) is 3.99. The molecular formula is C21H32N4O3. The molecule has 1 fully saturated rings. The molecule has 2 N–H and O–H groups in total.